The molecule has 1 N–H and O–H groups in total. The van der Waals surface area contributed by atoms with Gasteiger partial charge in [0.1, 0.15) is 0 Å². The zero-order chi connectivity index (χ0) is 16.2. The minimum Gasteiger partial charge on any atom is -0.334 e. The van der Waals surface area contributed by atoms with E-state index in [1.165, 1.54) is 18.6 Å². The average molecular weight is 314 g/mol. The Hall–Kier alpha value is -1.72. The fourth-order valence-corrected chi connectivity index (χ4v) is 2.75. The SMILES string of the molecule is CN(C(=O)NCc1ccc(C(F)(F)F)cc1)C1CCCCC1. The molecule has 122 valence electrons. The average Bonchev–Trinajstić information content (AvgIpc) is 2.52. The first-order chi connectivity index (χ1) is 10.4. The van der Waals surface area contributed by atoms with Crippen molar-refractivity contribution in [2.75, 3.05) is 7.05 Å². The number of carbonyl (C=O) groups excluding carboxylic acids is 1. The van der Waals surface area contributed by atoms with Crippen molar-refractivity contribution in [1.29, 1.82) is 0 Å². The molecule has 1 aliphatic rings. The van der Waals surface area contributed by atoms with Crippen LogP contribution in [0.5, 0.6) is 0 Å². The standard InChI is InChI=1S/C16H21F3N2O/c1-21(14-5-3-2-4-6-14)15(22)20-11-12-7-9-13(10-8-12)16(17,18)19/h7-10,14H,2-6,11H2,1H3,(H,20,22). The third kappa shape index (κ3) is 4.39. The summed E-state index contributed by atoms with van der Waals surface area (Å²) in [7, 11) is 1.78. The highest BCUT2D eigenvalue weighted by Gasteiger charge is 2.30. The summed E-state index contributed by atoms with van der Waals surface area (Å²) in [6.07, 6.45) is 1.21. The van der Waals surface area contributed by atoms with Gasteiger partial charge < -0.3 is 10.2 Å². The Bertz CT molecular complexity index is 493. The maximum atomic E-state index is 12.5. The van der Waals surface area contributed by atoms with Gasteiger partial charge >= 0.3 is 12.2 Å². The fraction of sp³-hybridized carbons (Fsp3) is 0.562. The largest absolute Gasteiger partial charge is 0.416 e. The number of nitrogens with zero attached hydrogens (tertiary/aromatic N) is 1. The molecule has 1 fully saturated rings. The predicted octanol–water partition coefficient (Wildman–Crippen LogP) is 4.18. The van der Waals surface area contributed by atoms with Gasteiger partial charge in [0, 0.05) is 19.6 Å². The summed E-state index contributed by atoms with van der Waals surface area (Å²) < 4.78 is 37.4. The number of benzene rings is 1. The van der Waals surface area contributed by atoms with Crippen LogP contribution in [-0.4, -0.2) is 24.0 Å². The van der Waals surface area contributed by atoms with Crippen molar-refractivity contribution >= 4 is 6.03 Å². The Kier molecular flexibility index (Phi) is 5.32. The van der Waals surface area contributed by atoms with Crippen LogP contribution < -0.4 is 5.32 Å². The number of rotatable bonds is 3. The van der Waals surface area contributed by atoms with Gasteiger partial charge in [-0.15, -0.1) is 0 Å². The van der Waals surface area contributed by atoms with Gasteiger partial charge in [0.25, 0.3) is 0 Å². The van der Waals surface area contributed by atoms with Crippen LogP contribution >= 0.6 is 0 Å². The number of carbonyl (C=O) groups is 1. The summed E-state index contributed by atoms with van der Waals surface area (Å²) in [6, 6.07) is 4.94. The number of alkyl halides is 3. The summed E-state index contributed by atoms with van der Waals surface area (Å²) in [4.78, 5) is 13.8. The first-order valence-corrected chi connectivity index (χ1v) is 7.55. The Morgan fingerprint density at radius 2 is 1.77 bits per heavy atom. The van der Waals surface area contributed by atoms with E-state index in [0.29, 0.717) is 5.56 Å². The molecule has 0 radical (unpaired) electrons. The number of amides is 2. The summed E-state index contributed by atoms with van der Waals surface area (Å²) >= 11 is 0. The Morgan fingerprint density at radius 1 is 1.18 bits per heavy atom. The molecule has 2 rings (SSSR count). The van der Waals surface area contributed by atoms with E-state index >= 15 is 0 Å². The van der Waals surface area contributed by atoms with E-state index in [9.17, 15) is 18.0 Å². The number of hydrogen-bond donors (Lipinski definition) is 1. The molecule has 3 nitrogen and oxygen atoms in total. The molecule has 1 aromatic rings. The van der Waals surface area contributed by atoms with Crippen LogP contribution in [-0.2, 0) is 12.7 Å². The Balaban J connectivity index is 1.85. The van der Waals surface area contributed by atoms with E-state index in [-0.39, 0.29) is 18.6 Å². The quantitative estimate of drug-likeness (QED) is 0.892. The molecule has 6 heteroatoms. The van der Waals surface area contributed by atoms with Gasteiger partial charge in [0.2, 0.25) is 0 Å². The topological polar surface area (TPSA) is 32.3 Å². The molecule has 0 aliphatic heterocycles. The van der Waals surface area contributed by atoms with Crippen LogP contribution in [0.3, 0.4) is 0 Å². The van der Waals surface area contributed by atoms with E-state index in [1.807, 2.05) is 0 Å². The Morgan fingerprint density at radius 3 is 2.32 bits per heavy atom. The van der Waals surface area contributed by atoms with Crippen molar-refractivity contribution in [1.82, 2.24) is 10.2 Å². The minimum absolute atomic E-state index is 0.174. The van der Waals surface area contributed by atoms with Crippen molar-refractivity contribution < 1.29 is 18.0 Å². The van der Waals surface area contributed by atoms with Gasteiger partial charge in [-0.3, -0.25) is 0 Å². The molecule has 2 amide bonds. The van der Waals surface area contributed by atoms with Crippen molar-refractivity contribution in [3.05, 3.63) is 35.4 Å². The van der Waals surface area contributed by atoms with Gasteiger partial charge in [0.15, 0.2) is 0 Å². The third-order valence-corrected chi connectivity index (χ3v) is 4.17. The zero-order valence-corrected chi connectivity index (χ0v) is 12.6. The van der Waals surface area contributed by atoms with Crippen LogP contribution in [0.1, 0.15) is 43.2 Å². The second-order valence-corrected chi connectivity index (χ2v) is 5.76. The lowest BCUT2D eigenvalue weighted by molar-refractivity contribution is -0.137. The molecule has 0 unspecified atom stereocenters. The molecule has 22 heavy (non-hydrogen) atoms. The number of halogens is 3. The second kappa shape index (κ2) is 7.03. The molecule has 0 saturated heterocycles. The first kappa shape index (κ1) is 16.6. The normalized spacial score (nSPS) is 16.4. The first-order valence-electron chi connectivity index (χ1n) is 7.55. The van der Waals surface area contributed by atoms with Crippen LogP contribution in [0, 0.1) is 0 Å². The van der Waals surface area contributed by atoms with Crippen LogP contribution in [0.4, 0.5) is 18.0 Å². The molecule has 1 saturated carbocycles. The maximum absolute atomic E-state index is 12.5. The van der Waals surface area contributed by atoms with Gasteiger partial charge in [-0.05, 0) is 30.5 Å². The summed E-state index contributed by atoms with van der Waals surface area (Å²) in [6.45, 7) is 0.230. The van der Waals surface area contributed by atoms with Crippen molar-refractivity contribution in [2.45, 2.75) is 50.9 Å². The molecule has 1 aromatic carbocycles. The number of nitrogens with one attached hydrogen (secondary N) is 1. The molecule has 0 spiro atoms. The fourth-order valence-electron chi connectivity index (χ4n) is 2.75. The van der Waals surface area contributed by atoms with Crippen molar-refractivity contribution in [2.24, 2.45) is 0 Å². The molecular weight excluding hydrogens is 293 g/mol. The van der Waals surface area contributed by atoms with Crippen molar-refractivity contribution in [3.63, 3.8) is 0 Å². The lowest BCUT2D eigenvalue weighted by atomic mass is 9.95. The summed E-state index contributed by atoms with van der Waals surface area (Å²) in [5.74, 6) is 0. The van der Waals surface area contributed by atoms with E-state index in [4.69, 9.17) is 0 Å². The van der Waals surface area contributed by atoms with Crippen LogP contribution in [0.15, 0.2) is 24.3 Å². The lowest BCUT2D eigenvalue weighted by Gasteiger charge is -2.31. The van der Waals surface area contributed by atoms with Crippen LogP contribution in [0.25, 0.3) is 0 Å². The van der Waals surface area contributed by atoms with E-state index in [2.05, 4.69) is 5.32 Å². The molecule has 0 heterocycles. The molecular formula is C16H21F3N2O. The van der Waals surface area contributed by atoms with Gasteiger partial charge in [-0.2, -0.15) is 13.2 Å². The highest BCUT2D eigenvalue weighted by atomic mass is 19.4. The molecule has 0 bridgehead atoms. The monoisotopic (exact) mass is 314 g/mol. The van der Waals surface area contributed by atoms with Gasteiger partial charge in [0.05, 0.1) is 5.56 Å². The lowest BCUT2D eigenvalue weighted by Crippen LogP contribution is -2.44. The van der Waals surface area contributed by atoms with E-state index < -0.39 is 11.7 Å². The predicted molar refractivity (Wildman–Crippen MR) is 78.3 cm³/mol. The van der Waals surface area contributed by atoms with E-state index in [0.717, 1.165) is 37.8 Å². The zero-order valence-electron chi connectivity index (χ0n) is 12.6. The van der Waals surface area contributed by atoms with E-state index in [1.54, 1.807) is 11.9 Å². The minimum atomic E-state index is -4.33. The number of hydrogen-bond acceptors (Lipinski definition) is 1. The highest BCUT2D eigenvalue weighted by molar-refractivity contribution is 5.74. The Labute approximate surface area is 128 Å². The van der Waals surface area contributed by atoms with Crippen molar-refractivity contribution in [3.8, 4) is 0 Å². The number of urea groups is 1. The summed E-state index contributed by atoms with van der Waals surface area (Å²) in [5.41, 5.74) is -0.0275. The second-order valence-electron chi connectivity index (χ2n) is 5.76. The maximum Gasteiger partial charge on any atom is 0.416 e. The summed E-state index contributed by atoms with van der Waals surface area (Å²) in [5, 5.41) is 2.76. The van der Waals surface area contributed by atoms with Crippen LogP contribution in [0.2, 0.25) is 0 Å². The highest BCUT2D eigenvalue weighted by Crippen LogP contribution is 2.29. The van der Waals surface area contributed by atoms with Gasteiger partial charge in [-0.25, -0.2) is 4.79 Å². The molecule has 0 aromatic heterocycles. The molecule has 0 atom stereocenters. The molecule has 1 aliphatic carbocycles. The smallest absolute Gasteiger partial charge is 0.334 e. The van der Waals surface area contributed by atoms with Gasteiger partial charge in [-0.1, -0.05) is 31.4 Å². The third-order valence-electron chi connectivity index (χ3n) is 4.17.